The molecule has 23 heteroatoms. The summed E-state index contributed by atoms with van der Waals surface area (Å²) < 4.78 is 14.4. The highest BCUT2D eigenvalue weighted by Crippen LogP contribution is 2.49. The quantitative estimate of drug-likeness (QED) is 0.0159. The van der Waals surface area contributed by atoms with Gasteiger partial charge in [0.2, 0.25) is 29.5 Å². The van der Waals surface area contributed by atoms with Crippen molar-refractivity contribution in [2.75, 3.05) is 46.3 Å². The summed E-state index contributed by atoms with van der Waals surface area (Å²) in [5, 5.41) is 21.1. The fourth-order valence-electron chi connectivity index (χ4n) is 17.4. The van der Waals surface area contributed by atoms with E-state index in [1.165, 1.54) is 65.3 Å². The van der Waals surface area contributed by atoms with Gasteiger partial charge in [0.1, 0.15) is 17.6 Å². The van der Waals surface area contributed by atoms with E-state index < -0.39 is 132 Å². The fraction of sp³-hybridized carbons (Fsp3) is 0.494. The maximum absolute atomic E-state index is 15.7. The first-order valence-electron chi connectivity index (χ1n) is 40.3. The van der Waals surface area contributed by atoms with Gasteiger partial charge in [0.25, 0.3) is 0 Å². The Labute approximate surface area is 657 Å². The van der Waals surface area contributed by atoms with Crippen molar-refractivity contribution in [2.24, 2.45) is 51.8 Å². The zero-order valence-electron chi connectivity index (χ0n) is 65.4. The number of H-pyrrole nitrogens is 1. The number of fused-ring (bicyclic) bond motifs is 3. The number of rotatable bonds is 24. The van der Waals surface area contributed by atoms with Gasteiger partial charge in [0.15, 0.2) is 29.1 Å². The molecule has 0 unspecified atom stereocenters. The van der Waals surface area contributed by atoms with Crippen molar-refractivity contribution in [3.05, 3.63) is 184 Å². The molecule has 2 aliphatic heterocycles. The van der Waals surface area contributed by atoms with Crippen LogP contribution in [-0.2, 0) is 80.0 Å². The van der Waals surface area contributed by atoms with Gasteiger partial charge in [0.05, 0.1) is 24.2 Å². The van der Waals surface area contributed by atoms with Crippen LogP contribution in [0.4, 0.5) is 4.39 Å². The van der Waals surface area contributed by atoms with Crippen molar-refractivity contribution in [1.29, 1.82) is 0 Å². The molecule has 1 aromatic heterocycles. The molecular formula is C89H114FN11O11. The number of Topliss-reactive ketones (excluding diaryl/α,β-unsaturated/α-hetero) is 5. The van der Waals surface area contributed by atoms with Crippen LogP contribution in [0, 0.1) is 35.4 Å². The minimum absolute atomic E-state index is 0.0108. The number of guanidine groups is 1. The number of ketones is 5. The van der Waals surface area contributed by atoms with Gasteiger partial charge in [-0.2, -0.15) is 0 Å². The van der Waals surface area contributed by atoms with E-state index in [4.69, 9.17) is 17.2 Å². The number of aliphatic hydroxyl groups excluding tert-OH is 1. The number of amides is 5. The Balaban J connectivity index is 0.990. The lowest BCUT2D eigenvalue weighted by Crippen LogP contribution is -2.51. The van der Waals surface area contributed by atoms with Crippen LogP contribution in [0.2, 0.25) is 0 Å². The van der Waals surface area contributed by atoms with E-state index >= 15 is 24.0 Å². The van der Waals surface area contributed by atoms with Crippen LogP contribution in [0.3, 0.4) is 0 Å². The molecule has 5 aromatic carbocycles. The molecule has 3 heterocycles. The molecule has 5 amide bonds. The summed E-state index contributed by atoms with van der Waals surface area (Å²) in [6, 6.07) is 32.9. The minimum Gasteiger partial charge on any atom is -0.391 e. The Morgan fingerprint density at radius 2 is 1.24 bits per heavy atom. The number of halogens is 1. The predicted octanol–water partition coefficient (Wildman–Crippen LogP) is 9.33. The molecule has 0 saturated carbocycles. The second-order valence-electron chi connectivity index (χ2n) is 31.7. The van der Waals surface area contributed by atoms with Crippen molar-refractivity contribution in [3.63, 3.8) is 0 Å². The number of likely N-dealkylation sites (N-methyl/N-ethyl adjacent to an activating group) is 1. The average molecular weight is 1530 g/mol. The first-order valence-corrected chi connectivity index (χ1v) is 40.3. The number of allylic oxidation sites excluding steroid dienone is 1. The number of unbranched alkanes of at least 4 members (excludes halogenated alkanes) is 1. The number of aliphatic imine (C=N–C) groups is 1. The number of likely N-dealkylation sites (tertiary alicyclic amines) is 1. The lowest BCUT2D eigenvalue weighted by atomic mass is 9.70. The number of benzene rings is 5. The van der Waals surface area contributed by atoms with Crippen LogP contribution in [0.15, 0.2) is 145 Å². The summed E-state index contributed by atoms with van der Waals surface area (Å²) in [6.07, 6.45) is 6.37. The standard InChI is InChI=1S/C89H114FN11O11/c1-56(102)85-83(109)51-67(43-61-33-37-70(90)38-34-61)79(105)32-13-7-12-31-77(101(58(3)104)42-20-41-100(57(2)103)55-62-45-73-72-29-18-26-63-35-36-64(84(63)72)48-78(73)99(4)54-62)82(108)50-66(27-19-40-94-89(92)93)86(110)96-75(46-60-23-10-6-11-24-60)81(107)52-68(44-59-21-8-5-9-22-59)88(112)97-76(47-69-53-95-74-30-15-14-28-71(69)74)80(106)49-65(87(111)98-85)25-16-17-39-91/h5-6,8-11,14-15,18,21-24,26,28-30,33-34,36-38,53,56,62,65-68,73,75-78,85,95,102H,7,12-13,16-17,19-20,25,27,31-32,35,39-52,54-55,91H2,1-4H3,(H,96,110)(H,97,112)(H,98,111)(H4,92,93,94)/t56-,62-,65-,66-,67-,68-,73-,75+,76-,77-,78-,85+/m1/s1. The molecule has 0 radical (unpaired) electrons. The van der Waals surface area contributed by atoms with Crippen LogP contribution in [0.5, 0.6) is 0 Å². The number of nitrogens with one attached hydrogen (secondary N) is 4. The summed E-state index contributed by atoms with van der Waals surface area (Å²) in [5.41, 5.74) is 26.5. The van der Waals surface area contributed by atoms with Crippen LogP contribution in [0.25, 0.3) is 16.5 Å². The van der Waals surface area contributed by atoms with Crippen molar-refractivity contribution in [3.8, 4) is 0 Å². The number of nitrogens with zero attached hydrogens (tertiary/aromatic N) is 4. The Morgan fingerprint density at radius 1 is 0.625 bits per heavy atom. The van der Waals surface area contributed by atoms with Gasteiger partial charge in [-0.3, -0.25) is 52.9 Å². The van der Waals surface area contributed by atoms with Crippen molar-refractivity contribution >= 4 is 80.9 Å². The molecule has 2 fully saturated rings. The highest BCUT2D eigenvalue weighted by atomic mass is 19.1. The SMILES string of the molecule is CC(=O)N(CCCN(C(C)=O)[C@@H]1CCCCCC(=O)[C@H](Cc2ccc(F)cc2)CC(=O)[C@H]([C@@H](C)O)NC(=O)[C@H](CCCCN)CC(=O)[C@@H](Cc2c[nH]c3ccccc23)NC(=O)[C@H](Cc2ccccc2)CC(=O)[C@H](Cc2ccccc2)NC(=O)[C@H](CCCN=C(N)N)CC1=O)C[C@@H]1C[C@@H]2c3cccc4c3C(=CC4)C[C@H]2N(C)C1. The van der Waals surface area contributed by atoms with Gasteiger partial charge in [-0.05, 0) is 173 Å². The molecule has 10 rings (SSSR count). The van der Waals surface area contributed by atoms with Crippen LogP contribution < -0.4 is 33.2 Å². The number of hydrogen-bond donors (Lipinski definition) is 8. The monoisotopic (exact) mass is 1530 g/mol. The van der Waals surface area contributed by atoms with Gasteiger partial charge >= 0.3 is 0 Å². The fourth-order valence-corrected chi connectivity index (χ4v) is 17.4. The second kappa shape index (κ2) is 41.1. The van der Waals surface area contributed by atoms with Gasteiger partial charge < -0.3 is 57.9 Å². The van der Waals surface area contributed by atoms with E-state index in [2.05, 4.69) is 62.1 Å². The first-order chi connectivity index (χ1) is 53.9. The summed E-state index contributed by atoms with van der Waals surface area (Å²) in [6.45, 7) is 6.30. The maximum atomic E-state index is 15.7. The van der Waals surface area contributed by atoms with Crippen LogP contribution in [-0.4, -0.2) is 172 Å². The maximum Gasteiger partial charge on any atom is 0.224 e. The molecule has 22 nitrogen and oxygen atoms in total. The van der Waals surface area contributed by atoms with Gasteiger partial charge in [0, 0.05) is 138 Å². The number of piperidine rings is 1. The molecule has 2 saturated heterocycles. The molecule has 11 N–H and O–H groups in total. The Bertz CT molecular complexity index is 4310. The van der Waals surface area contributed by atoms with E-state index in [9.17, 15) is 33.5 Å². The molecule has 2 aliphatic carbocycles. The number of para-hydroxylation sites is 1. The highest BCUT2D eigenvalue weighted by molar-refractivity contribution is 5.99. The summed E-state index contributed by atoms with van der Waals surface area (Å²) in [7, 11) is 2.17. The highest BCUT2D eigenvalue weighted by Gasteiger charge is 2.43. The molecule has 12 atom stereocenters. The normalized spacial score (nSPS) is 24.0. The minimum atomic E-state index is -1.54. The molecule has 112 heavy (non-hydrogen) atoms. The third kappa shape index (κ3) is 23.4. The number of carbonyl (C=O) groups excluding carboxylic acids is 10. The second-order valence-corrected chi connectivity index (χ2v) is 31.7. The molecule has 4 aliphatic rings. The summed E-state index contributed by atoms with van der Waals surface area (Å²) >= 11 is 0. The van der Waals surface area contributed by atoms with Gasteiger partial charge in [-0.25, -0.2) is 4.39 Å². The summed E-state index contributed by atoms with van der Waals surface area (Å²) in [5.74, 6) is -9.65. The zero-order valence-corrected chi connectivity index (χ0v) is 65.4. The number of hydrogen-bond acceptors (Lipinski definition) is 14. The molecule has 0 spiro atoms. The van der Waals surface area contributed by atoms with Crippen molar-refractivity contribution in [2.45, 2.75) is 204 Å². The van der Waals surface area contributed by atoms with E-state index in [0.29, 0.717) is 72.9 Å². The van der Waals surface area contributed by atoms with Crippen molar-refractivity contribution < 1.29 is 57.4 Å². The van der Waals surface area contributed by atoms with Crippen LogP contribution in [0.1, 0.15) is 175 Å². The molecule has 0 bridgehead atoms. The Kier molecular flexibility index (Phi) is 31.0. The first kappa shape index (κ1) is 84.6. The van der Waals surface area contributed by atoms with Gasteiger partial charge in [-0.15, -0.1) is 0 Å². The Hall–Kier alpha value is -9.84. The largest absolute Gasteiger partial charge is 0.391 e. The number of aromatic amines is 1. The molecule has 6 aromatic rings. The van der Waals surface area contributed by atoms with E-state index in [1.807, 2.05) is 65.6 Å². The zero-order chi connectivity index (χ0) is 80.0. The Morgan fingerprint density at radius 3 is 1.92 bits per heavy atom. The third-order valence-corrected chi connectivity index (χ3v) is 23.4. The molecular weight excluding hydrogens is 1420 g/mol. The smallest absolute Gasteiger partial charge is 0.224 e. The number of aromatic nitrogens is 1. The predicted molar refractivity (Wildman–Crippen MR) is 431 cm³/mol. The lowest BCUT2D eigenvalue weighted by Gasteiger charge is -2.47. The van der Waals surface area contributed by atoms with E-state index in [1.54, 1.807) is 37.4 Å². The number of carbonyl (C=O) groups is 10. The van der Waals surface area contributed by atoms with E-state index in [-0.39, 0.29) is 114 Å². The molecule has 598 valence electrons. The summed E-state index contributed by atoms with van der Waals surface area (Å²) in [4.78, 5) is 164. The third-order valence-electron chi connectivity index (χ3n) is 23.4. The number of nitrogens with two attached hydrogens (primary N) is 3. The van der Waals surface area contributed by atoms with Gasteiger partial charge in [-0.1, -0.05) is 135 Å². The van der Waals surface area contributed by atoms with Crippen LogP contribution >= 0.6 is 0 Å². The topological polar surface area (TPSA) is 343 Å². The average Bonchev–Trinajstić information content (AvgIpc) is 1.64. The number of aliphatic hydroxyl groups is 1. The van der Waals surface area contributed by atoms with E-state index in [0.717, 1.165) is 36.7 Å². The lowest BCUT2D eigenvalue weighted by molar-refractivity contribution is -0.140. The van der Waals surface area contributed by atoms with Crippen molar-refractivity contribution in [1.82, 2.24) is 35.6 Å².